The fourth-order valence-corrected chi connectivity index (χ4v) is 2.58. The molecule has 0 saturated carbocycles. The lowest BCUT2D eigenvalue weighted by molar-refractivity contribution is -0.129. The zero-order chi connectivity index (χ0) is 16.1. The van der Waals surface area contributed by atoms with Gasteiger partial charge in [-0.05, 0) is 5.56 Å². The van der Waals surface area contributed by atoms with Gasteiger partial charge in [-0.25, -0.2) is 9.97 Å². The van der Waals surface area contributed by atoms with Gasteiger partial charge in [0.05, 0.1) is 13.0 Å². The fourth-order valence-electron chi connectivity index (χ4n) is 2.58. The van der Waals surface area contributed by atoms with Crippen molar-refractivity contribution < 1.29 is 9.53 Å². The van der Waals surface area contributed by atoms with Crippen LogP contribution in [-0.2, 0) is 11.2 Å². The van der Waals surface area contributed by atoms with Gasteiger partial charge in [-0.15, -0.1) is 0 Å². The maximum Gasteiger partial charge on any atom is 0.251 e. The summed E-state index contributed by atoms with van der Waals surface area (Å²) in [5.74, 6) is 0.319. The molecule has 1 aromatic carbocycles. The Morgan fingerprint density at radius 2 is 2.09 bits per heavy atom. The summed E-state index contributed by atoms with van der Waals surface area (Å²) in [5, 5.41) is 9.00. The van der Waals surface area contributed by atoms with E-state index in [1.165, 1.54) is 12.4 Å². The molecule has 1 atom stereocenters. The molecule has 1 aliphatic heterocycles. The van der Waals surface area contributed by atoms with Gasteiger partial charge in [-0.1, -0.05) is 30.3 Å². The summed E-state index contributed by atoms with van der Waals surface area (Å²) in [6.07, 6.45) is 3.90. The van der Waals surface area contributed by atoms with E-state index in [9.17, 15) is 4.79 Å². The Balaban J connectivity index is 1.58. The number of nitrogens with zero attached hydrogens (tertiary/aromatic N) is 4. The molecule has 0 radical (unpaired) electrons. The standard InChI is InChI=1S/C17H16N4O2/c18-11-15-17(20-8-7-19-15)23-14-6-9-21(12-14)16(22)10-13-4-2-1-3-5-13/h1-5,7-8,14H,6,9-10,12H2/t14-/m1/s1. The minimum absolute atomic E-state index is 0.0851. The highest BCUT2D eigenvalue weighted by molar-refractivity contribution is 5.79. The average molecular weight is 308 g/mol. The third-order valence-corrected chi connectivity index (χ3v) is 3.74. The van der Waals surface area contributed by atoms with Crippen LogP contribution in [0.25, 0.3) is 0 Å². The molecule has 0 N–H and O–H groups in total. The quantitative estimate of drug-likeness (QED) is 0.856. The van der Waals surface area contributed by atoms with Gasteiger partial charge in [0.15, 0.2) is 0 Å². The second-order valence-corrected chi connectivity index (χ2v) is 5.35. The van der Waals surface area contributed by atoms with E-state index < -0.39 is 0 Å². The molecule has 6 heteroatoms. The molecular weight excluding hydrogens is 292 g/mol. The minimum atomic E-state index is -0.154. The van der Waals surface area contributed by atoms with Crippen molar-refractivity contribution in [3.8, 4) is 11.9 Å². The molecule has 0 bridgehead atoms. The number of likely N-dealkylation sites (tertiary alicyclic amines) is 1. The van der Waals surface area contributed by atoms with E-state index in [4.69, 9.17) is 10.00 Å². The van der Waals surface area contributed by atoms with Crippen molar-refractivity contribution in [2.45, 2.75) is 18.9 Å². The molecule has 1 fully saturated rings. The summed E-state index contributed by atoms with van der Waals surface area (Å²) >= 11 is 0. The molecule has 0 aliphatic carbocycles. The van der Waals surface area contributed by atoms with E-state index in [0.717, 1.165) is 12.0 Å². The molecule has 23 heavy (non-hydrogen) atoms. The van der Waals surface area contributed by atoms with Gasteiger partial charge in [0.1, 0.15) is 12.2 Å². The highest BCUT2D eigenvalue weighted by Crippen LogP contribution is 2.19. The maximum atomic E-state index is 12.3. The van der Waals surface area contributed by atoms with Gasteiger partial charge in [-0.3, -0.25) is 4.79 Å². The van der Waals surface area contributed by atoms with Crippen LogP contribution in [0.4, 0.5) is 0 Å². The Labute approximate surface area is 134 Å². The van der Waals surface area contributed by atoms with E-state index in [2.05, 4.69) is 9.97 Å². The molecule has 2 aromatic rings. The number of amides is 1. The van der Waals surface area contributed by atoms with Crippen LogP contribution in [0.15, 0.2) is 42.7 Å². The van der Waals surface area contributed by atoms with Crippen LogP contribution >= 0.6 is 0 Å². The van der Waals surface area contributed by atoms with Crippen LogP contribution in [-0.4, -0.2) is 40.0 Å². The number of aromatic nitrogens is 2. The van der Waals surface area contributed by atoms with Crippen LogP contribution in [0, 0.1) is 11.3 Å². The zero-order valence-electron chi connectivity index (χ0n) is 12.6. The second kappa shape index (κ2) is 6.88. The number of nitriles is 1. The Hall–Kier alpha value is -2.94. The van der Waals surface area contributed by atoms with Crippen molar-refractivity contribution in [2.24, 2.45) is 0 Å². The Morgan fingerprint density at radius 1 is 1.30 bits per heavy atom. The summed E-state index contributed by atoms with van der Waals surface area (Å²) in [6.45, 7) is 1.16. The number of rotatable bonds is 4. The van der Waals surface area contributed by atoms with E-state index in [-0.39, 0.29) is 23.6 Å². The first-order valence-electron chi connectivity index (χ1n) is 7.45. The first-order valence-corrected chi connectivity index (χ1v) is 7.45. The highest BCUT2D eigenvalue weighted by Gasteiger charge is 2.28. The molecule has 6 nitrogen and oxygen atoms in total. The van der Waals surface area contributed by atoms with Gasteiger partial charge in [0.2, 0.25) is 11.6 Å². The number of carbonyl (C=O) groups is 1. The van der Waals surface area contributed by atoms with E-state index in [1.807, 2.05) is 36.4 Å². The van der Waals surface area contributed by atoms with Crippen molar-refractivity contribution in [3.63, 3.8) is 0 Å². The summed E-state index contributed by atoms with van der Waals surface area (Å²) in [4.78, 5) is 22.1. The summed E-state index contributed by atoms with van der Waals surface area (Å²) in [5.41, 5.74) is 1.17. The lowest BCUT2D eigenvalue weighted by atomic mass is 10.1. The molecule has 1 aromatic heterocycles. The van der Waals surface area contributed by atoms with Gasteiger partial charge in [0.25, 0.3) is 5.88 Å². The van der Waals surface area contributed by atoms with E-state index >= 15 is 0 Å². The monoisotopic (exact) mass is 308 g/mol. The van der Waals surface area contributed by atoms with Crippen LogP contribution in [0.2, 0.25) is 0 Å². The predicted octanol–water partition coefficient (Wildman–Crippen LogP) is 1.57. The van der Waals surface area contributed by atoms with Gasteiger partial charge >= 0.3 is 0 Å². The molecule has 116 valence electrons. The molecule has 3 rings (SSSR count). The number of carbonyl (C=O) groups excluding carboxylic acids is 1. The smallest absolute Gasteiger partial charge is 0.251 e. The molecular formula is C17H16N4O2. The summed E-state index contributed by atoms with van der Waals surface area (Å²) in [7, 11) is 0. The maximum absolute atomic E-state index is 12.3. The SMILES string of the molecule is N#Cc1nccnc1O[C@@H]1CCN(C(=O)Cc2ccccc2)C1. The van der Waals surface area contributed by atoms with Crippen molar-refractivity contribution in [3.05, 3.63) is 54.0 Å². The number of ether oxygens (including phenoxy) is 1. The normalized spacial score (nSPS) is 16.8. The van der Waals surface area contributed by atoms with Crippen molar-refractivity contribution in [1.82, 2.24) is 14.9 Å². The predicted molar refractivity (Wildman–Crippen MR) is 82.5 cm³/mol. The molecule has 1 aliphatic rings. The zero-order valence-corrected chi connectivity index (χ0v) is 12.6. The van der Waals surface area contributed by atoms with Gasteiger partial charge in [0, 0.05) is 25.4 Å². The molecule has 0 unspecified atom stereocenters. The summed E-state index contributed by atoms with van der Waals surface area (Å²) < 4.78 is 5.74. The Kier molecular flexibility index (Phi) is 4.48. The fraction of sp³-hybridized carbons (Fsp3) is 0.294. The number of benzene rings is 1. The van der Waals surface area contributed by atoms with E-state index in [1.54, 1.807) is 4.90 Å². The summed E-state index contributed by atoms with van der Waals surface area (Å²) in [6, 6.07) is 11.6. The van der Waals surface area contributed by atoms with Gasteiger partial charge < -0.3 is 9.64 Å². The van der Waals surface area contributed by atoms with Crippen molar-refractivity contribution in [2.75, 3.05) is 13.1 Å². The van der Waals surface area contributed by atoms with Crippen LogP contribution in [0.3, 0.4) is 0 Å². The Bertz CT molecular complexity index is 727. The lowest BCUT2D eigenvalue weighted by Gasteiger charge is -2.17. The Morgan fingerprint density at radius 3 is 2.87 bits per heavy atom. The van der Waals surface area contributed by atoms with E-state index in [0.29, 0.717) is 19.5 Å². The molecule has 2 heterocycles. The molecule has 0 spiro atoms. The third kappa shape index (κ3) is 3.64. The van der Waals surface area contributed by atoms with Crippen LogP contribution in [0.5, 0.6) is 5.88 Å². The van der Waals surface area contributed by atoms with Crippen LogP contribution in [0.1, 0.15) is 17.7 Å². The third-order valence-electron chi connectivity index (χ3n) is 3.74. The first-order chi connectivity index (χ1) is 11.3. The molecule has 1 amide bonds. The first kappa shape index (κ1) is 15.0. The average Bonchev–Trinajstić information content (AvgIpc) is 3.05. The topological polar surface area (TPSA) is 79.1 Å². The largest absolute Gasteiger partial charge is 0.470 e. The second-order valence-electron chi connectivity index (χ2n) is 5.35. The van der Waals surface area contributed by atoms with Crippen molar-refractivity contribution >= 4 is 5.91 Å². The number of hydrogen-bond acceptors (Lipinski definition) is 5. The highest BCUT2D eigenvalue weighted by atomic mass is 16.5. The molecule has 1 saturated heterocycles. The van der Waals surface area contributed by atoms with Gasteiger partial charge in [-0.2, -0.15) is 5.26 Å². The van der Waals surface area contributed by atoms with Crippen molar-refractivity contribution in [1.29, 1.82) is 5.26 Å². The van der Waals surface area contributed by atoms with Crippen LogP contribution < -0.4 is 4.74 Å². The minimum Gasteiger partial charge on any atom is -0.470 e. The lowest BCUT2D eigenvalue weighted by Crippen LogP contribution is -2.32. The number of hydrogen-bond donors (Lipinski definition) is 0.